The number of nitrogens with one attached hydrogen (secondary N) is 2. The Balaban J connectivity index is 0.0000102. The molecular formula is C23H40IN5O4. The molecular weight excluding hydrogens is 537 g/mol. The highest BCUT2D eigenvalue weighted by molar-refractivity contribution is 14.0. The average molecular weight is 578 g/mol. The second-order valence-electron chi connectivity index (χ2n) is 9.01. The number of benzene rings is 1. The first-order valence-corrected chi connectivity index (χ1v) is 10.8. The molecule has 9 nitrogen and oxygen atoms in total. The van der Waals surface area contributed by atoms with E-state index in [2.05, 4.69) is 29.5 Å². The highest BCUT2D eigenvalue weighted by Gasteiger charge is 2.22. The van der Waals surface area contributed by atoms with Crippen LogP contribution in [0.3, 0.4) is 0 Å². The second kappa shape index (κ2) is 14.8. The molecule has 0 saturated carbocycles. The second-order valence-corrected chi connectivity index (χ2v) is 9.01. The fraction of sp³-hybridized carbons (Fsp3) is 0.609. The molecule has 0 fully saturated rings. The van der Waals surface area contributed by atoms with Gasteiger partial charge >= 0.3 is 6.09 Å². The maximum absolute atomic E-state index is 12.2. The molecule has 1 rings (SSSR count). The zero-order valence-corrected chi connectivity index (χ0v) is 23.1. The van der Waals surface area contributed by atoms with Gasteiger partial charge in [-0.1, -0.05) is 26.0 Å². The lowest BCUT2D eigenvalue weighted by Gasteiger charge is -2.28. The molecule has 1 atom stereocenters. The molecule has 10 heteroatoms. The number of hydrogen-bond donors (Lipinski definition) is 3. The molecule has 1 unspecified atom stereocenters. The van der Waals surface area contributed by atoms with Crippen LogP contribution in [0.5, 0.6) is 5.75 Å². The van der Waals surface area contributed by atoms with Gasteiger partial charge in [0.05, 0.1) is 0 Å². The van der Waals surface area contributed by atoms with Crippen LogP contribution >= 0.6 is 24.0 Å². The van der Waals surface area contributed by atoms with Crippen LogP contribution in [-0.2, 0) is 16.1 Å². The maximum Gasteiger partial charge on any atom is 0.407 e. The summed E-state index contributed by atoms with van der Waals surface area (Å²) in [4.78, 5) is 29.4. The first kappa shape index (κ1) is 30.8. The summed E-state index contributed by atoms with van der Waals surface area (Å²) in [6, 6.07) is 7.41. The van der Waals surface area contributed by atoms with Gasteiger partial charge in [-0.2, -0.15) is 0 Å². The molecule has 0 aliphatic carbocycles. The number of rotatable bonds is 10. The SMILES string of the molecule is CN=C(NCc1cccc(OCC(N)=O)c1)N(C)CCC(NC(=O)OC(C)(C)C)C(C)C.I. The van der Waals surface area contributed by atoms with Gasteiger partial charge in [0.2, 0.25) is 0 Å². The van der Waals surface area contributed by atoms with Crippen LogP contribution in [0.1, 0.15) is 46.6 Å². The van der Waals surface area contributed by atoms with E-state index in [0.717, 1.165) is 17.9 Å². The lowest BCUT2D eigenvalue weighted by molar-refractivity contribution is -0.119. The van der Waals surface area contributed by atoms with Crippen molar-refractivity contribution >= 4 is 41.9 Å². The highest BCUT2D eigenvalue weighted by atomic mass is 127. The summed E-state index contributed by atoms with van der Waals surface area (Å²) in [5.74, 6) is 1.05. The van der Waals surface area contributed by atoms with E-state index in [9.17, 15) is 9.59 Å². The Hall–Kier alpha value is -2.24. The van der Waals surface area contributed by atoms with Crippen molar-refractivity contribution in [3.63, 3.8) is 0 Å². The van der Waals surface area contributed by atoms with E-state index in [4.69, 9.17) is 15.2 Å². The number of hydrogen-bond acceptors (Lipinski definition) is 5. The summed E-state index contributed by atoms with van der Waals surface area (Å²) in [7, 11) is 3.68. The normalized spacial score (nSPS) is 12.4. The van der Waals surface area contributed by atoms with Crippen molar-refractivity contribution < 1.29 is 19.1 Å². The first-order valence-electron chi connectivity index (χ1n) is 10.8. The van der Waals surface area contributed by atoms with Gasteiger partial charge in [-0.05, 0) is 50.8 Å². The number of carbonyl (C=O) groups excluding carboxylic acids is 2. The van der Waals surface area contributed by atoms with Crippen LogP contribution in [0.15, 0.2) is 29.3 Å². The van der Waals surface area contributed by atoms with Crippen molar-refractivity contribution in [1.82, 2.24) is 15.5 Å². The Kier molecular flexibility index (Phi) is 13.8. The van der Waals surface area contributed by atoms with Crippen LogP contribution in [0.4, 0.5) is 4.79 Å². The number of nitrogens with two attached hydrogens (primary N) is 1. The molecule has 0 radical (unpaired) electrons. The molecule has 0 bridgehead atoms. The maximum atomic E-state index is 12.2. The van der Waals surface area contributed by atoms with E-state index in [1.54, 1.807) is 13.1 Å². The summed E-state index contributed by atoms with van der Waals surface area (Å²) in [6.07, 6.45) is 0.338. The van der Waals surface area contributed by atoms with Gasteiger partial charge in [0, 0.05) is 33.2 Å². The van der Waals surface area contributed by atoms with Gasteiger partial charge in [-0.25, -0.2) is 4.79 Å². The Morgan fingerprint density at radius 1 is 1.24 bits per heavy atom. The van der Waals surface area contributed by atoms with Crippen molar-refractivity contribution in [3.05, 3.63) is 29.8 Å². The molecule has 4 N–H and O–H groups in total. The Morgan fingerprint density at radius 2 is 1.91 bits per heavy atom. The summed E-state index contributed by atoms with van der Waals surface area (Å²) >= 11 is 0. The van der Waals surface area contributed by atoms with E-state index >= 15 is 0 Å². The fourth-order valence-corrected chi connectivity index (χ4v) is 2.94. The van der Waals surface area contributed by atoms with E-state index in [-0.39, 0.29) is 42.5 Å². The number of nitrogens with zero attached hydrogens (tertiary/aromatic N) is 2. The van der Waals surface area contributed by atoms with Gasteiger partial charge in [0.25, 0.3) is 5.91 Å². The third-order valence-corrected chi connectivity index (χ3v) is 4.59. The predicted molar refractivity (Wildman–Crippen MR) is 142 cm³/mol. The van der Waals surface area contributed by atoms with Gasteiger partial charge in [-0.15, -0.1) is 24.0 Å². The molecule has 33 heavy (non-hydrogen) atoms. The average Bonchev–Trinajstić information content (AvgIpc) is 2.68. The molecule has 1 aromatic rings. The van der Waals surface area contributed by atoms with E-state index in [1.807, 2.05) is 50.9 Å². The van der Waals surface area contributed by atoms with Crippen molar-refractivity contribution in [2.75, 3.05) is 27.2 Å². The molecule has 2 amide bonds. The number of amides is 2. The van der Waals surface area contributed by atoms with Gasteiger partial charge in [0.1, 0.15) is 11.4 Å². The number of ether oxygens (including phenoxy) is 2. The molecule has 188 valence electrons. The molecule has 0 spiro atoms. The van der Waals surface area contributed by atoms with Crippen LogP contribution in [0, 0.1) is 5.92 Å². The van der Waals surface area contributed by atoms with Crippen molar-refractivity contribution in [1.29, 1.82) is 0 Å². The highest BCUT2D eigenvalue weighted by Crippen LogP contribution is 2.14. The van der Waals surface area contributed by atoms with Crippen molar-refractivity contribution in [2.24, 2.45) is 16.6 Å². The van der Waals surface area contributed by atoms with E-state index < -0.39 is 17.6 Å². The molecule has 0 saturated heterocycles. The minimum atomic E-state index is -0.531. The largest absolute Gasteiger partial charge is 0.484 e. The monoisotopic (exact) mass is 577 g/mol. The minimum absolute atomic E-state index is 0. The van der Waals surface area contributed by atoms with E-state index in [1.165, 1.54) is 0 Å². The zero-order chi connectivity index (χ0) is 24.3. The zero-order valence-electron chi connectivity index (χ0n) is 20.8. The number of primary amides is 1. The Labute approximate surface area is 214 Å². The number of halogens is 1. The summed E-state index contributed by atoms with van der Waals surface area (Å²) in [5, 5.41) is 6.29. The number of carbonyl (C=O) groups is 2. The predicted octanol–water partition coefficient (Wildman–Crippen LogP) is 3.12. The minimum Gasteiger partial charge on any atom is -0.484 e. The van der Waals surface area contributed by atoms with Gasteiger partial charge < -0.3 is 30.7 Å². The number of guanidine groups is 1. The van der Waals surface area contributed by atoms with Crippen LogP contribution in [-0.4, -0.2) is 61.7 Å². The molecule has 0 aromatic heterocycles. The Morgan fingerprint density at radius 3 is 2.45 bits per heavy atom. The third-order valence-electron chi connectivity index (χ3n) is 4.59. The first-order chi connectivity index (χ1) is 14.9. The van der Waals surface area contributed by atoms with Crippen molar-refractivity contribution in [2.45, 2.75) is 59.2 Å². The summed E-state index contributed by atoms with van der Waals surface area (Å²) in [6.45, 7) is 10.8. The van der Waals surface area contributed by atoms with Crippen LogP contribution < -0.4 is 21.1 Å². The van der Waals surface area contributed by atoms with Crippen molar-refractivity contribution in [3.8, 4) is 5.75 Å². The Bertz CT molecular complexity index is 780. The number of aliphatic imine (C=N–C) groups is 1. The van der Waals surface area contributed by atoms with Gasteiger partial charge in [0.15, 0.2) is 12.6 Å². The molecule has 0 aliphatic heterocycles. The lowest BCUT2D eigenvalue weighted by Crippen LogP contribution is -2.45. The standard InChI is InChI=1S/C23H39N5O4.HI/c1-16(2)19(27-22(30)32-23(3,4)5)11-12-28(7)21(25-6)26-14-17-9-8-10-18(13-17)31-15-20(24)29;/h8-10,13,16,19H,11-12,14-15H2,1-7H3,(H2,24,29)(H,25,26)(H,27,30);1H. The fourth-order valence-electron chi connectivity index (χ4n) is 2.94. The van der Waals surface area contributed by atoms with E-state index in [0.29, 0.717) is 18.8 Å². The van der Waals surface area contributed by atoms with Crippen LogP contribution in [0.2, 0.25) is 0 Å². The lowest BCUT2D eigenvalue weighted by atomic mass is 10.0. The van der Waals surface area contributed by atoms with Gasteiger partial charge in [-0.3, -0.25) is 9.79 Å². The third kappa shape index (κ3) is 13.2. The summed E-state index contributed by atoms with van der Waals surface area (Å²) in [5.41, 5.74) is 5.57. The smallest absolute Gasteiger partial charge is 0.407 e. The quantitative estimate of drug-likeness (QED) is 0.224. The summed E-state index contributed by atoms with van der Waals surface area (Å²) < 4.78 is 10.7. The molecule has 0 aliphatic rings. The number of alkyl carbamates (subject to hydrolysis) is 1. The topological polar surface area (TPSA) is 118 Å². The van der Waals surface area contributed by atoms with Crippen LogP contribution in [0.25, 0.3) is 0 Å². The molecule has 0 heterocycles. The molecule has 1 aromatic carbocycles.